The molecule has 0 bridgehead atoms. The summed E-state index contributed by atoms with van der Waals surface area (Å²) in [4.78, 5) is 48.3. The fourth-order valence-corrected chi connectivity index (χ4v) is 8.87. The maximum absolute atomic E-state index is 14.4. The summed E-state index contributed by atoms with van der Waals surface area (Å²) < 4.78 is -0.882. The first kappa shape index (κ1) is 26.8. The molecule has 3 amide bonds. The van der Waals surface area contributed by atoms with Gasteiger partial charge in [0.15, 0.2) is 0 Å². The summed E-state index contributed by atoms with van der Waals surface area (Å²) in [7, 11) is 0. The number of carbonyl (C=O) groups is 3. The van der Waals surface area contributed by atoms with Crippen LogP contribution in [0.15, 0.2) is 85.0 Å². The largest absolute Gasteiger partial charge is 0.394 e. The van der Waals surface area contributed by atoms with Crippen LogP contribution in [0, 0.1) is 11.8 Å². The Labute approximate surface area is 239 Å². The molecule has 0 aliphatic carbocycles. The van der Waals surface area contributed by atoms with Crippen molar-refractivity contribution in [2.75, 3.05) is 19.7 Å². The van der Waals surface area contributed by atoms with Gasteiger partial charge in [-0.2, -0.15) is 0 Å². The molecule has 2 saturated heterocycles. The smallest absolute Gasteiger partial charge is 0.247 e. The summed E-state index contributed by atoms with van der Waals surface area (Å²) >= 11 is 1.58. The Hall–Kier alpha value is -3.36. The lowest BCUT2D eigenvalue weighted by Gasteiger charge is -2.38. The molecule has 6 atom stereocenters. The normalized spacial score (nSPS) is 30.1. The Morgan fingerprint density at radius 3 is 2.08 bits per heavy atom. The molecule has 1 N–H and O–H groups in total. The van der Waals surface area contributed by atoms with Gasteiger partial charge in [0, 0.05) is 31.4 Å². The molecule has 208 valence electrons. The number of nitrogens with zero attached hydrogens (tertiary/aromatic N) is 3. The van der Waals surface area contributed by atoms with Gasteiger partial charge in [-0.15, -0.1) is 11.8 Å². The zero-order valence-electron chi connectivity index (χ0n) is 22.6. The Morgan fingerprint density at radius 1 is 0.875 bits per heavy atom. The lowest BCUT2D eigenvalue weighted by atomic mass is 9.78. The molecule has 4 aliphatic rings. The summed E-state index contributed by atoms with van der Waals surface area (Å²) in [5.41, 5.74) is 2.05. The van der Waals surface area contributed by atoms with Crippen molar-refractivity contribution in [1.29, 1.82) is 0 Å². The zero-order valence-corrected chi connectivity index (χ0v) is 23.5. The first-order chi connectivity index (χ1) is 19.5. The van der Waals surface area contributed by atoms with Gasteiger partial charge < -0.3 is 19.8 Å². The van der Waals surface area contributed by atoms with Crippen LogP contribution < -0.4 is 0 Å². The third kappa shape index (κ3) is 4.38. The average Bonchev–Trinajstić information content (AvgIpc) is 3.30. The minimum absolute atomic E-state index is 0.0505. The molecule has 1 unspecified atom stereocenters. The average molecular weight is 558 g/mol. The molecular weight excluding hydrogens is 522 g/mol. The van der Waals surface area contributed by atoms with Gasteiger partial charge in [-0.05, 0) is 17.5 Å². The Kier molecular flexibility index (Phi) is 7.31. The number of aliphatic hydroxyl groups excluding tert-OH is 1. The first-order valence-electron chi connectivity index (χ1n) is 14.1. The van der Waals surface area contributed by atoms with Crippen LogP contribution in [-0.4, -0.2) is 79.3 Å². The van der Waals surface area contributed by atoms with E-state index in [1.165, 1.54) is 0 Å². The van der Waals surface area contributed by atoms with Gasteiger partial charge in [-0.1, -0.05) is 91.9 Å². The van der Waals surface area contributed by atoms with Crippen LogP contribution in [-0.2, 0) is 27.5 Å². The van der Waals surface area contributed by atoms with Crippen molar-refractivity contribution in [3.8, 4) is 0 Å². The SMILES string of the molecule is CC[C@@H](CO)N1C(=O)[C@@H]2[C@H]3C(=O)N(Cc4ccccc4)CC=C[C@H]3S[C@@]23C=CCN(Cc2ccccc2)C(=O)C13. The minimum Gasteiger partial charge on any atom is -0.394 e. The third-order valence-electron chi connectivity index (χ3n) is 8.77. The van der Waals surface area contributed by atoms with Crippen LogP contribution in [0.3, 0.4) is 0 Å². The van der Waals surface area contributed by atoms with Crippen molar-refractivity contribution < 1.29 is 19.5 Å². The van der Waals surface area contributed by atoms with E-state index in [1.807, 2.05) is 90.7 Å². The molecule has 0 aromatic heterocycles. The number of likely N-dealkylation sites (tertiary alicyclic amines) is 1. The number of amides is 3. The van der Waals surface area contributed by atoms with E-state index in [0.29, 0.717) is 32.6 Å². The maximum atomic E-state index is 14.4. The number of fused-ring (bicyclic) bond motifs is 2. The second-order valence-electron chi connectivity index (χ2n) is 11.1. The Morgan fingerprint density at radius 2 is 1.48 bits per heavy atom. The predicted octanol–water partition coefficient (Wildman–Crippen LogP) is 3.25. The van der Waals surface area contributed by atoms with Gasteiger partial charge in [0.05, 0.1) is 29.2 Å². The number of aliphatic hydroxyl groups is 1. The van der Waals surface area contributed by atoms with Crippen LogP contribution in [0.5, 0.6) is 0 Å². The molecule has 6 rings (SSSR count). The fourth-order valence-electron chi connectivity index (χ4n) is 6.87. The second-order valence-corrected chi connectivity index (χ2v) is 12.6. The highest BCUT2D eigenvalue weighted by Gasteiger charge is 2.71. The summed E-state index contributed by atoms with van der Waals surface area (Å²) in [6, 6.07) is 18.4. The molecule has 4 heterocycles. The van der Waals surface area contributed by atoms with Crippen molar-refractivity contribution in [2.45, 2.75) is 48.5 Å². The molecule has 0 radical (unpaired) electrons. The third-order valence-corrected chi connectivity index (χ3v) is 10.5. The van der Waals surface area contributed by atoms with E-state index in [4.69, 9.17) is 0 Å². The number of hydrogen-bond donors (Lipinski definition) is 1. The Bertz CT molecular complexity index is 1330. The van der Waals surface area contributed by atoms with Gasteiger partial charge >= 0.3 is 0 Å². The highest BCUT2D eigenvalue weighted by molar-refractivity contribution is 8.02. The van der Waals surface area contributed by atoms with E-state index >= 15 is 0 Å². The summed E-state index contributed by atoms with van der Waals surface area (Å²) in [6.07, 6.45) is 8.64. The van der Waals surface area contributed by atoms with E-state index < -0.39 is 28.7 Å². The predicted molar refractivity (Wildman–Crippen MR) is 155 cm³/mol. The molecule has 4 aliphatic heterocycles. The number of benzene rings is 2. The van der Waals surface area contributed by atoms with Gasteiger partial charge in [-0.25, -0.2) is 0 Å². The van der Waals surface area contributed by atoms with Gasteiger partial charge in [0.2, 0.25) is 17.7 Å². The minimum atomic E-state index is -0.882. The van der Waals surface area contributed by atoms with E-state index in [2.05, 4.69) is 6.08 Å². The van der Waals surface area contributed by atoms with E-state index in [9.17, 15) is 19.5 Å². The van der Waals surface area contributed by atoms with E-state index in [-0.39, 0.29) is 29.6 Å². The van der Waals surface area contributed by atoms with Crippen LogP contribution in [0.2, 0.25) is 0 Å². The second kappa shape index (κ2) is 10.9. The monoisotopic (exact) mass is 557 g/mol. The van der Waals surface area contributed by atoms with Crippen LogP contribution in [0.25, 0.3) is 0 Å². The first-order valence-corrected chi connectivity index (χ1v) is 15.0. The highest BCUT2D eigenvalue weighted by atomic mass is 32.2. The molecule has 2 aromatic carbocycles. The molecule has 40 heavy (non-hydrogen) atoms. The highest BCUT2D eigenvalue weighted by Crippen LogP contribution is 2.61. The molecule has 0 saturated carbocycles. The fraction of sp³-hybridized carbons (Fsp3) is 0.406. The molecule has 8 heteroatoms. The molecule has 7 nitrogen and oxygen atoms in total. The van der Waals surface area contributed by atoms with E-state index in [1.54, 1.807) is 21.6 Å². The van der Waals surface area contributed by atoms with Crippen LogP contribution >= 0.6 is 11.8 Å². The van der Waals surface area contributed by atoms with Crippen molar-refractivity contribution in [3.63, 3.8) is 0 Å². The maximum Gasteiger partial charge on any atom is 0.247 e. The Balaban J connectivity index is 1.39. The molecule has 1 spiro atoms. The van der Waals surface area contributed by atoms with Gasteiger partial charge in [0.1, 0.15) is 6.04 Å². The van der Waals surface area contributed by atoms with Crippen molar-refractivity contribution in [1.82, 2.24) is 14.7 Å². The standard InChI is InChI=1S/C32H35N3O4S/c1-2-24(21-36)35-28-31(39)34(20-23-13-7-4-8-14-23)18-10-16-32(28)27(30(35)38)26-25(40-32)15-9-17-33(29(26)37)19-22-11-5-3-6-12-22/h3-16,24-28,36H,2,17-21H2,1H3/t24-,25+,26-,27-,28?,32-/m0/s1. The van der Waals surface area contributed by atoms with Gasteiger partial charge in [0.25, 0.3) is 0 Å². The zero-order chi connectivity index (χ0) is 27.9. The molecule has 2 fully saturated rings. The van der Waals surface area contributed by atoms with E-state index in [0.717, 1.165) is 11.1 Å². The number of rotatable bonds is 7. The number of carbonyl (C=O) groups excluding carboxylic acids is 3. The van der Waals surface area contributed by atoms with Crippen molar-refractivity contribution >= 4 is 29.5 Å². The number of thioether (sulfide) groups is 1. The summed E-state index contributed by atoms with van der Waals surface area (Å²) in [6.45, 7) is 3.49. The lowest BCUT2D eigenvalue weighted by molar-refractivity contribution is -0.147. The van der Waals surface area contributed by atoms with Crippen LogP contribution in [0.4, 0.5) is 0 Å². The van der Waals surface area contributed by atoms with Crippen molar-refractivity contribution in [2.24, 2.45) is 11.8 Å². The lowest BCUT2D eigenvalue weighted by Crippen LogP contribution is -2.56. The van der Waals surface area contributed by atoms with Crippen LogP contribution in [0.1, 0.15) is 24.5 Å². The molecule has 2 aromatic rings. The quantitative estimate of drug-likeness (QED) is 0.529. The van der Waals surface area contributed by atoms with Crippen molar-refractivity contribution in [3.05, 3.63) is 96.1 Å². The topological polar surface area (TPSA) is 81.2 Å². The molecular formula is C32H35N3O4S. The van der Waals surface area contributed by atoms with Gasteiger partial charge in [-0.3, -0.25) is 14.4 Å². The summed E-state index contributed by atoms with van der Waals surface area (Å²) in [5, 5.41) is 10.1. The summed E-state index contributed by atoms with van der Waals surface area (Å²) in [5.74, 6) is -1.64. The number of hydrogen-bond acceptors (Lipinski definition) is 5.